The SMILES string of the molecule is CC.CO.[3H]OC1CCCC(CC)O1. The van der Waals surface area contributed by atoms with Crippen LogP contribution in [-0.2, 0) is 4.74 Å². The number of hydrogen-bond acceptors (Lipinski definition) is 3. The van der Waals surface area contributed by atoms with Crippen molar-refractivity contribution in [3.63, 3.8) is 0 Å². The number of hydrogen-bond donors (Lipinski definition) is 2. The van der Waals surface area contributed by atoms with E-state index in [1.165, 1.54) is 0 Å². The number of aliphatic hydroxyl groups is 2. The zero-order valence-electron chi connectivity index (χ0n) is 10.2. The molecule has 2 N–H and O–H groups in total. The standard InChI is InChI=1S/C7H14O2.C2H6.CH4O/c1-2-6-4-3-5-7(8)9-6;2*1-2/h6-8H,2-5H2,1H3;1-2H3;2H,1H3/i8T;;. The molecule has 1 aliphatic rings. The number of aliphatic hydroxyl groups excluding tert-OH is 2. The van der Waals surface area contributed by atoms with Crippen molar-refractivity contribution in [1.29, 1.82) is 1.43 Å². The summed E-state index contributed by atoms with van der Waals surface area (Å²) in [7, 11) is 1.00. The molecule has 13 heavy (non-hydrogen) atoms. The summed E-state index contributed by atoms with van der Waals surface area (Å²) in [6.07, 6.45) is 4.21. The molecule has 0 bridgehead atoms. The molecule has 1 saturated heterocycles. The third-order valence-electron chi connectivity index (χ3n) is 1.77. The summed E-state index contributed by atoms with van der Waals surface area (Å²) in [5.41, 5.74) is 0. The van der Waals surface area contributed by atoms with Gasteiger partial charge in [0.1, 0.15) is 0 Å². The van der Waals surface area contributed by atoms with Crippen molar-refractivity contribution < 1.29 is 15.0 Å². The zero-order valence-corrected chi connectivity index (χ0v) is 9.25. The summed E-state index contributed by atoms with van der Waals surface area (Å²) >= 11 is 0. The predicted octanol–water partition coefficient (Wildman–Crippen LogP) is 1.92. The van der Waals surface area contributed by atoms with E-state index in [9.17, 15) is 0 Å². The maximum absolute atomic E-state index is 7.00. The largest absolute Gasteiger partial charge is 0.400 e. The van der Waals surface area contributed by atoms with Crippen LogP contribution in [0.15, 0.2) is 0 Å². The van der Waals surface area contributed by atoms with Gasteiger partial charge in [-0.1, -0.05) is 20.8 Å². The first-order valence-corrected chi connectivity index (χ1v) is 5.09. The van der Waals surface area contributed by atoms with Gasteiger partial charge in [-0.25, -0.2) is 0 Å². The average Bonchev–Trinajstić information content (AvgIpc) is 2.34. The molecule has 3 nitrogen and oxygen atoms in total. The maximum Gasteiger partial charge on any atom is 0.213 e. The molecule has 0 aromatic rings. The molecule has 1 rings (SSSR count). The quantitative estimate of drug-likeness (QED) is 0.706. The molecule has 0 amide bonds. The lowest BCUT2D eigenvalue weighted by atomic mass is 10.1. The highest BCUT2D eigenvalue weighted by Crippen LogP contribution is 2.18. The van der Waals surface area contributed by atoms with Gasteiger partial charge in [0, 0.05) is 7.11 Å². The second-order valence-corrected chi connectivity index (χ2v) is 2.53. The van der Waals surface area contributed by atoms with E-state index in [4.69, 9.17) is 11.3 Å². The van der Waals surface area contributed by atoms with Crippen LogP contribution in [-0.4, -0.2) is 31.2 Å². The fourth-order valence-corrected chi connectivity index (χ4v) is 1.16. The minimum atomic E-state index is -0.265. The van der Waals surface area contributed by atoms with Crippen LogP contribution >= 0.6 is 0 Å². The third-order valence-corrected chi connectivity index (χ3v) is 1.77. The second-order valence-electron chi connectivity index (χ2n) is 2.53. The number of ether oxygens (including phenoxy) is 1. The Kier molecular flexibility index (Phi) is 11.8. The molecule has 1 aliphatic heterocycles. The molecule has 2 atom stereocenters. The Morgan fingerprint density at radius 2 is 2.00 bits per heavy atom. The van der Waals surface area contributed by atoms with E-state index in [1.54, 1.807) is 0 Å². The first-order chi connectivity index (χ1) is 6.86. The van der Waals surface area contributed by atoms with Crippen LogP contribution in [0.5, 0.6) is 0 Å². The zero-order chi connectivity index (χ0) is 11.4. The van der Waals surface area contributed by atoms with Gasteiger partial charge in [0.15, 0.2) is 6.29 Å². The maximum atomic E-state index is 7.00. The molecule has 1 fully saturated rings. The van der Waals surface area contributed by atoms with Gasteiger partial charge < -0.3 is 15.0 Å². The lowest BCUT2D eigenvalue weighted by Crippen LogP contribution is -2.26. The Balaban J connectivity index is 0. The highest BCUT2D eigenvalue weighted by molar-refractivity contribution is 4.62. The van der Waals surface area contributed by atoms with Crippen LogP contribution in [0.25, 0.3) is 0 Å². The molecule has 0 spiro atoms. The molecule has 0 radical (unpaired) electrons. The monoisotopic (exact) mass is 194 g/mol. The van der Waals surface area contributed by atoms with Crippen molar-refractivity contribution in [2.45, 2.75) is 58.8 Å². The van der Waals surface area contributed by atoms with Crippen LogP contribution in [0.2, 0.25) is 0 Å². The van der Waals surface area contributed by atoms with Gasteiger partial charge in [0.2, 0.25) is 1.43 Å². The molecule has 0 aliphatic carbocycles. The van der Waals surface area contributed by atoms with Gasteiger partial charge in [0.05, 0.1) is 6.10 Å². The summed E-state index contributed by atoms with van der Waals surface area (Å²) in [5, 5.41) is 11.4. The molecule has 1 heterocycles. The van der Waals surface area contributed by atoms with Gasteiger partial charge in [-0.3, -0.25) is 0 Å². The van der Waals surface area contributed by atoms with Crippen molar-refractivity contribution in [3.8, 4) is 0 Å². The minimum absolute atomic E-state index is 0.265. The summed E-state index contributed by atoms with van der Waals surface area (Å²) in [5.74, 6) is 0. The minimum Gasteiger partial charge on any atom is -0.400 e. The fraction of sp³-hybridized carbons (Fsp3) is 1.00. The second kappa shape index (κ2) is 11.9. The molecule has 82 valence electrons. The van der Waals surface area contributed by atoms with Crippen molar-refractivity contribution in [2.75, 3.05) is 7.11 Å². The highest BCUT2D eigenvalue weighted by Gasteiger charge is 2.17. The average molecular weight is 194 g/mol. The van der Waals surface area contributed by atoms with Crippen LogP contribution in [0.3, 0.4) is 0 Å². The van der Waals surface area contributed by atoms with Crippen LogP contribution in [0, 0.1) is 0 Å². The molecule has 0 saturated carbocycles. The van der Waals surface area contributed by atoms with Crippen LogP contribution in [0.1, 0.15) is 46.5 Å². The highest BCUT2D eigenvalue weighted by atomic mass is 16.6. The van der Waals surface area contributed by atoms with Crippen molar-refractivity contribution >= 4 is 0 Å². The lowest BCUT2D eigenvalue weighted by molar-refractivity contribution is -0.162. The van der Waals surface area contributed by atoms with E-state index < -0.39 is 0 Å². The van der Waals surface area contributed by atoms with Crippen molar-refractivity contribution in [1.82, 2.24) is 0 Å². The third kappa shape index (κ3) is 8.22. The van der Waals surface area contributed by atoms with Crippen molar-refractivity contribution in [3.05, 3.63) is 0 Å². The summed E-state index contributed by atoms with van der Waals surface area (Å²) < 4.78 is 12.0. The van der Waals surface area contributed by atoms with Crippen LogP contribution in [0.4, 0.5) is 0 Å². The van der Waals surface area contributed by atoms with Gasteiger partial charge in [-0.05, 0) is 25.7 Å². The Labute approximate surface area is 83.2 Å². The van der Waals surface area contributed by atoms with E-state index in [2.05, 4.69) is 12.0 Å². The van der Waals surface area contributed by atoms with Gasteiger partial charge in [-0.15, -0.1) is 0 Å². The lowest BCUT2D eigenvalue weighted by Gasteiger charge is -2.25. The molecular weight excluding hydrogens is 168 g/mol. The predicted molar refractivity (Wildman–Crippen MR) is 54.5 cm³/mol. The first kappa shape index (κ1) is 12.9. The van der Waals surface area contributed by atoms with E-state index in [-0.39, 0.29) is 6.29 Å². The van der Waals surface area contributed by atoms with Gasteiger partial charge in [-0.2, -0.15) is 0 Å². The fourth-order valence-electron chi connectivity index (χ4n) is 1.16. The van der Waals surface area contributed by atoms with E-state index in [0.717, 1.165) is 32.8 Å². The Bertz CT molecular complexity index is 91.4. The summed E-state index contributed by atoms with van der Waals surface area (Å²) in [6, 6.07) is 0. The normalized spacial score (nSPS) is 27.3. The summed E-state index contributed by atoms with van der Waals surface area (Å²) in [6.45, 7) is 6.09. The van der Waals surface area contributed by atoms with Gasteiger partial charge >= 0.3 is 0 Å². The molecule has 2 unspecified atom stereocenters. The molecular formula is C10H24O3. The van der Waals surface area contributed by atoms with Crippen molar-refractivity contribution in [2.24, 2.45) is 0 Å². The molecule has 3 heteroatoms. The number of rotatable bonds is 2. The Hall–Kier alpha value is -0.120. The Morgan fingerprint density at radius 1 is 1.38 bits per heavy atom. The van der Waals surface area contributed by atoms with E-state index in [1.807, 2.05) is 13.8 Å². The topological polar surface area (TPSA) is 49.7 Å². The Morgan fingerprint density at radius 3 is 2.46 bits per heavy atom. The van der Waals surface area contributed by atoms with E-state index >= 15 is 0 Å². The summed E-state index contributed by atoms with van der Waals surface area (Å²) in [4.78, 5) is 0. The van der Waals surface area contributed by atoms with Crippen LogP contribution < -0.4 is 0 Å². The smallest absolute Gasteiger partial charge is 0.213 e. The molecule has 0 aromatic carbocycles. The van der Waals surface area contributed by atoms with E-state index in [0.29, 0.717) is 6.10 Å². The van der Waals surface area contributed by atoms with Gasteiger partial charge in [0.25, 0.3) is 0 Å². The first-order valence-electron chi connectivity index (χ1n) is 5.49. The molecule has 0 aromatic heterocycles.